The first-order valence-electron chi connectivity index (χ1n) is 6.12. The molecule has 0 bridgehead atoms. The fraction of sp³-hybridized carbons (Fsp3) is 0.714. The third kappa shape index (κ3) is 9.74. The molecule has 0 aliphatic carbocycles. The zero-order valence-electron chi connectivity index (χ0n) is 10.4. The third-order valence-corrected chi connectivity index (χ3v) is 2.51. The van der Waals surface area contributed by atoms with Crippen LogP contribution in [0.15, 0.2) is 24.3 Å². The molecule has 0 saturated carbocycles. The van der Waals surface area contributed by atoms with E-state index in [9.17, 15) is 0 Å². The summed E-state index contributed by atoms with van der Waals surface area (Å²) in [5.41, 5.74) is 1.53. The van der Waals surface area contributed by atoms with Gasteiger partial charge in [0.25, 0.3) is 0 Å². The lowest BCUT2D eigenvalue weighted by Gasteiger charge is -2.05. The van der Waals surface area contributed by atoms with E-state index in [4.69, 9.17) is 4.74 Å². The van der Waals surface area contributed by atoms with Crippen molar-refractivity contribution in [1.29, 1.82) is 0 Å². The minimum absolute atomic E-state index is 0.829. The van der Waals surface area contributed by atoms with E-state index in [1.54, 1.807) is 7.11 Å². The highest BCUT2D eigenvalue weighted by Gasteiger charge is 1.95. The van der Waals surface area contributed by atoms with Gasteiger partial charge in [-0.25, -0.2) is 0 Å². The van der Waals surface area contributed by atoms with Gasteiger partial charge < -0.3 is 4.74 Å². The smallest absolute Gasteiger partial charge is 0.0496 e. The van der Waals surface area contributed by atoms with Gasteiger partial charge in [0.05, 0.1) is 0 Å². The van der Waals surface area contributed by atoms with Gasteiger partial charge in [-0.3, -0.25) is 0 Å². The molecule has 1 nitrogen and oxygen atoms in total. The van der Waals surface area contributed by atoms with Crippen LogP contribution in [0.1, 0.15) is 51.9 Å². The Bertz CT molecular complexity index is 170. The molecule has 0 spiro atoms. The molecule has 88 valence electrons. The summed E-state index contributed by atoms with van der Waals surface area (Å²) < 4.78 is 5.04. The second-order valence-electron chi connectivity index (χ2n) is 3.95. The third-order valence-electron chi connectivity index (χ3n) is 2.51. The van der Waals surface area contributed by atoms with Crippen molar-refractivity contribution in [2.75, 3.05) is 13.7 Å². The maximum atomic E-state index is 5.04. The second kappa shape index (κ2) is 11.5. The van der Waals surface area contributed by atoms with Gasteiger partial charge in [0.15, 0.2) is 0 Å². The molecule has 1 heteroatoms. The van der Waals surface area contributed by atoms with E-state index in [-0.39, 0.29) is 0 Å². The lowest BCUT2D eigenvalue weighted by atomic mass is 10.0. The van der Waals surface area contributed by atoms with Crippen molar-refractivity contribution in [3.05, 3.63) is 24.3 Å². The molecule has 0 aromatic heterocycles. The van der Waals surface area contributed by atoms with Crippen LogP contribution in [0.25, 0.3) is 0 Å². The van der Waals surface area contributed by atoms with Gasteiger partial charge in [-0.15, -0.1) is 6.58 Å². The van der Waals surface area contributed by atoms with Crippen LogP contribution in [0.5, 0.6) is 0 Å². The molecule has 0 atom stereocenters. The average Bonchev–Trinajstić information content (AvgIpc) is 2.24. The van der Waals surface area contributed by atoms with Gasteiger partial charge in [0.2, 0.25) is 0 Å². The van der Waals surface area contributed by atoms with Crippen molar-refractivity contribution >= 4 is 0 Å². The summed E-state index contributed by atoms with van der Waals surface area (Å²) >= 11 is 0. The number of rotatable bonds is 10. The second-order valence-corrected chi connectivity index (χ2v) is 3.95. The van der Waals surface area contributed by atoms with Crippen LogP contribution >= 0.6 is 0 Å². The molecule has 0 rings (SSSR count). The summed E-state index contributed by atoms with van der Waals surface area (Å²) in [5, 5.41) is 0. The Morgan fingerprint density at radius 2 is 2.07 bits per heavy atom. The van der Waals surface area contributed by atoms with E-state index < -0.39 is 0 Å². The predicted octanol–water partition coefficient (Wildman–Crippen LogP) is 4.50. The van der Waals surface area contributed by atoms with Crippen molar-refractivity contribution in [1.82, 2.24) is 0 Å². The molecule has 0 aromatic rings. The number of methoxy groups -OCH3 is 1. The highest BCUT2D eigenvalue weighted by molar-refractivity contribution is 5.06. The number of hydrogen-bond donors (Lipinski definition) is 0. The summed E-state index contributed by atoms with van der Waals surface area (Å²) in [4.78, 5) is 0. The zero-order chi connectivity index (χ0) is 11.4. The monoisotopic (exact) mass is 210 g/mol. The largest absolute Gasteiger partial charge is 0.384 e. The standard InChI is InChI=1S/C14H26O/c1-4-6-7-8-11-14(10-5-2)12-9-13-15-3/h5,12H,2,4,6-11,13H2,1,3H3/b14-12+. The summed E-state index contributed by atoms with van der Waals surface area (Å²) in [7, 11) is 1.75. The van der Waals surface area contributed by atoms with Crippen LogP contribution in [0, 0.1) is 0 Å². The average molecular weight is 210 g/mol. The molecule has 0 aliphatic heterocycles. The summed E-state index contributed by atoms with van der Waals surface area (Å²) in [6.07, 6.45) is 13.0. The van der Waals surface area contributed by atoms with Gasteiger partial charge in [0, 0.05) is 13.7 Å². The molecule has 0 radical (unpaired) electrons. The van der Waals surface area contributed by atoms with Crippen LogP contribution in [0.3, 0.4) is 0 Å². The minimum Gasteiger partial charge on any atom is -0.384 e. The van der Waals surface area contributed by atoms with Gasteiger partial charge in [-0.05, 0) is 25.7 Å². The Hall–Kier alpha value is -0.560. The van der Waals surface area contributed by atoms with Gasteiger partial charge in [0.1, 0.15) is 0 Å². The Morgan fingerprint density at radius 1 is 1.27 bits per heavy atom. The lowest BCUT2D eigenvalue weighted by molar-refractivity contribution is 0.204. The van der Waals surface area contributed by atoms with E-state index in [2.05, 4.69) is 19.6 Å². The van der Waals surface area contributed by atoms with Crippen molar-refractivity contribution in [2.45, 2.75) is 51.9 Å². The van der Waals surface area contributed by atoms with Crippen LogP contribution in [-0.2, 0) is 4.74 Å². The zero-order valence-corrected chi connectivity index (χ0v) is 10.4. The molecular formula is C14H26O. The molecule has 0 aliphatic rings. The molecule has 0 aromatic carbocycles. The Kier molecular flexibility index (Phi) is 11.1. The van der Waals surface area contributed by atoms with Gasteiger partial charge in [-0.1, -0.05) is 43.9 Å². The molecule has 0 fully saturated rings. The van der Waals surface area contributed by atoms with E-state index in [1.807, 2.05) is 6.08 Å². The fourth-order valence-electron chi connectivity index (χ4n) is 1.63. The number of allylic oxidation sites excluding steroid dienone is 2. The van der Waals surface area contributed by atoms with Crippen molar-refractivity contribution < 1.29 is 4.74 Å². The number of ether oxygens (including phenoxy) is 1. The first kappa shape index (κ1) is 14.4. The molecule has 0 amide bonds. The van der Waals surface area contributed by atoms with Crippen molar-refractivity contribution in [2.24, 2.45) is 0 Å². The quantitative estimate of drug-likeness (QED) is 0.381. The Labute approximate surface area is 95.2 Å². The number of unbranched alkanes of at least 4 members (excludes halogenated alkanes) is 3. The van der Waals surface area contributed by atoms with E-state index in [1.165, 1.54) is 37.7 Å². The molecule has 0 N–H and O–H groups in total. The highest BCUT2D eigenvalue weighted by Crippen LogP contribution is 2.14. The van der Waals surface area contributed by atoms with E-state index >= 15 is 0 Å². The molecule has 0 unspecified atom stereocenters. The van der Waals surface area contributed by atoms with Crippen LogP contribution in [0.2, 0.25) is 0 Å². The number of hydrogen-bond acceptors (Lipinski definition) is 1. The Morgan fingerprint density at radius 3 is 2.67 bits per heavy atom. The van der Waals surface area contributed by atoms with Crippen LogP contribution in [0.4, 0.5) is 0 Å². The minimum atomic E-state index is 0.829. The summed E-state index contributed by atoms with van der Waals surface area (Å²) in [6.45, 7) is 6.88. The highest BCUT2D eigenvalue weighted by atomic mass is 16.5. The molecular weight excluding hydrogens is 184 g/mol. The van der Waals surface area contributed by atoms with Crippen LogP contribution in [-0.4, -0.2) is 13.7 Å². The summed E-state index contributed by atoms with van der Waals surface area (Å²) in [5.74, 6) is 0. The fourth-order valence-corrected chi connectivity index (χ4v) is 1.63. The van der Waals surface area contributed by atoms with Crippen molar-refractivity contribution in [3.63, 3.8) is 0 Å². The van der Waals surface area contributed by atoms with Crippen LogP contribution < -0.4 is 0 Å². The first-order valence-corrected chi connectivity index (χ1v) is 6.12. The Balaban J connectivity index is 3.71. The first-order chi connectivity index (χ1) is 7.35. The van der Waals surface area contributed by atoms with Crippen molar-refractivity contribution in [3.8, 4) is 0 Å². The van der Waals surface area contributed by atoms with E-state index in [0.717, 1.165) is 19.4 Å². The lowest BCUT2D eigenvalue weighted by Crippen LogP contribution is -1.89. The summed E-state index contributed by atoms with van der Waals surface area (Å²) in [6, 6.07) is 0. The normalized spacial score (nSPS) is 11.7. The van der Waals surface area contributed by atoms with Gasteiger partial charge >= 0.3 is 0 Å². The SMILES string of the molecule is C=CC/C(=C\CCOC)CCCCCC. The van der Waals surface area contributed by atoms with Gasteiger partial charge in [-0.2, -0.15) is 0 Å². The van der Waals surface area contributed by atoms with E-state index in [0.29, 0.717) is 0 Å². The maximum absolute atomic E-state index is 5.04. The molecule has 0 saturated heterocycles. The topological polar surface area (TPSA) is 9.23 Å². The maximum Gasteiger partial charge on any atom is 0.0496 e. The molecule has 15 heavy (non-hydrogen) atoms. The predicted molar refractivity (Wildman–Crippen MR) is 68.1 cm³/mol. The molecule has 0 heterocycles.